The molecule has 0 aliphatic rings. The molecule has 0 radical (unpaired) electrons. The molecule has 0 aliphatic heterocycles. The van der Waals surface area contributed by atoms with Gasteiger partial charge in [0.05, 0.1) is 17.9 Å². The van der Waals surface area contributed by atoms with E-state index in [2.05, 4.69) is 20.8 Å². The summed E-state index contributed by atoms with van der Waals surface area (Å²) < 4.78 is 4.88. The summed E-state index contributed by atoms with van der Waals surface area (Å²) >= 11 is 0. The lowest BCUT2D eigenvalue weighted by Crippen LogP contribution is -2.22. The molecule has 2 aromatic rings. The second kappa shape index (κ2) is 6.05. The number of rotatable bonds is 5. The Hall–Kier alpha value is -2.57. The zero-order valence-electron chi connectivity index (χ0n) is 11.4. The van der Waals surface area contributed by atoms with Crippen LogP contribution in [0.1, 0.15) is 29.0 Å². The van der Waals surface area contributed by atoms with E-state index in [1.807, 2.05) is 6.92 Å². The topological polar surface area (TPSA) is 106 Å². The standard InChI is InChI=1S/C13H17N5O2/c1-3-15-13(19)9-4-5-10(14)11(6-9)16-7-12-17-8(2)20-18-12/h4-6,16H,3,7,14H2,1-2H3,(H,15,19). The molecule has 7 nitrogen and oxygen atoms in total. The van der Waals surface area contributed by atoms with Crippen molar-refractivity contribution in [2.45, 2.75) is 20.4 Å². The van der Waals surface area contributed by atoms with Gasteiger partial charge in [0, 0.05) is 19.0 Å². The molecule has 0 bridgehead atoms. The molecule has 7 heteroatoms. The number of nitrogens with two attached hydrogens (primary N) is 1. The van der Waals surface area contributed by atoms with Crippen molar-refractivity contribution in [3.63, 3.8) is 0 Å². The van der Waals surface area contributed by atoms with E-state index in [0.717, 1.165) is 0 Å². The largest absolute Gasteiger partial charge is 0.397 e. The van der Waals surface area contributed by atoms with Gasteiger partial charge in [-0.2, -0.15) is 4.98 Å². The minimum absolute atomic E-state index is 0.133. The lowest BCUT2D eigenvalue weighted by Gasteiger charge is -2.09. The maximum Gasteiger partial charge on any atom is 0.251 e. The molecule has 106 valence electrons. The van der Waals surface area contributed by atoms with Crippen molar-refractivity contribution >= 4 is 17.3 Å². The van der Waals surface area contributed by atoms with Gasteiger partial charge in [-0.1, -0.05) is 5.16 Å². The summed E-state index contributed by atoms with van der Waals surface area (Å²) in [5.74, 6) is 0.905. The Morgan fingerprint density at radius 3 is 2.90 bits per heavy atom. The summed E-state index contributed by atoms with van der Waals surface area (Å²) in [5.41, 5.74) is 7.64. The van der Waals surface area contributed by atoms with E-state index in [-0.39, 0.29) is 5.91 Å². The molecule has 0 unspecified atom stereocenters. The molecule has 0 spiro atoms. The second-order valence-electron chi connectivity index (χ2n) is 4.24. The van der Waals surface area contributed by atoms with E-state index in [1.165, 1.54) is 0 Å². The third-order valence-electron chi connectivity index (χ3n) is 2.66. The van der Waals surface area contributed by atoms with Crippen molar-refractivity contribution in [3.8, 4) is 0 Å². The van der Waals surface area contributed by atoms with Gasteiger partial charge in [0.15, 0.2) is 5.82 Å². The first-order chi connectivity index (χ1) is 9.60. The fraction of sp³-hybridized carbons (Fsp3) is 0.308. The zero-order chi connectivity index (χ0) is 14.5. The molecule has 1 heterocycles. The van der Waals surface area contributed by atoms with Crippen LogP contribution in [0.2, 0.25) is 0 Å². The van der Waals surface area contributed by atoms with Gasteiger partial charge < -0.3 is 20.9 Å². The molecule has 20 heavy (non-hydrogen) atoms. The average molecular weight is 275 g/mol. The second-order valence-corrected chi connectivity index (χ2v) is 4.24. The number of hydrogen-bond donors (Lipinski definition) is 3. The van der Waals surface area contributed by atoms with Gasteiger partial charge in [-0.15, -0.1) is 0 Å². The average Bonchev–Trinajstić information content (AvgIpc) is 2.84. The molecule has 2 rings (SSSR count). The summed E-state index contributed by atoms with van der Waals surface area (Å²) in [4.78, 5) is 15.8. The number of amides is 1. The van der Waals surface area contributed by atoms with Crippen LogP contribution < -0.4 is 16.4 Å². The van der Waals surface area contributed by atoms with Gasteiger partial charge in [0.25, 0.3) is 5.91 Å². The smallest absolute Gasteiger partial charge is 0.251 e. The van der Waals surface area contributed by atoms with E-state index in [0.29, 0.717) is 41.7 Å². The van der Waals surface area contributed by atoms with Crippen LogP contribution >= 0.6 is 0 Å². The number of benzene rings is 1. The van der Waals surface area contributed by atoms with E-state index in [4.69, 9.17) is 10.3 Å². The highest BCUT2D eigenvalue weighted by molar-refractivity contribution is 5.96. The number of carbonyl (C=O) groups excluding carboxylic acids is 1. The Balaban J connectivity index is 2.10. The van der Waals surface area contributed by atoms with Crippen molar-refractivity contribution in [2.24, 2.45) is 0 Å². The van der Waals surface area contributed by atoms with Crippen LogP contribution in [0, 0.1) is 6.92 Å². The predicted molar refractivity (Wildman–Crippen MR) is 75.2 cm³/mol. The predicted octanol–water partition coefficient (Wildman–Crippen LogP) is 1.32. The number of nitrogens with one attached hydrogen (secondary N) is 2. The molecule has 4 N–H and O–H groups in total. The SMILES string of the molecule is CCNC(=O)c1ccc(N)c(NCc2noc(C)n2)c1. The third-order valence-corrected chi connectivity index (χ3v) is 2.66. The Kier molecular flexibility index (Phi) is 4.19. The number of hydrogen-bond acceptors (Lipinski definition) is 6. The van der Waals surface area contributed by atoms with Gasteiger partial charge >= 0.3 is 0 Å². The summed E-state index contributed by atoms with van der Waals surface area (Å²) in [6.45, 7) is 4.54. The van der Waals surface area contributed by atoms with Crippen molar-refractivity contribution in [2.75, 3.05) is 17.6 Å². The molecule has 0 aliphatic carbocycles. The highest BCUT2D eigenvalue weighted by atomic mass is 16.5. The zero-order valence-corrected chi connectivity index (χ0v) is 11.4. The van der Waals surface area contributed by atoms with Gasteiger partial charge in [-0.3, -0.25) is 4.79 Å². The Morgan fingerprint density at radius 1 is 1.45 bits per heavy atom. The Bertz CT molecular complexity index is 609. The highest BCUT2D eigenvalue weighted by Crippen LogP contribution is 2.20. The quantitative estimate of drug-likeness (QED) is 0.711. The van der Waals surface area contributed by atoms with Crippen LogP contribution in [-0.4, -0.2) is 22.6 Å². The minimum Gasteiger partial charge on any atom is -0.397 e. The Labute approximate surface area is 116 Å². The van der Waals surface area contributed by atoms with Gasteiger partial charge in [0.1, 0.15) is 0 Å². The number of carbonyl (C=O) groups is 1. The highest BCUT2D eigenvalue weighted by Gasteiger charge is 2.08. The van der Waals surface area contributed by atoms with Crippen LogP contribution in [0.3, 0.4) is 0 Å². The van der Waals surface area contributed by atoms with Crippen molar-refractivity contribution < 1.29 is 9.32 Å². The number of anilines is 2. The molecule has 1 aromatic carbocycles. The van der Waals surface area contributed by atoms with E-state index >= 15 is 0 Å². The minimum atomic E-state index is -0.133. The lowest BCUT2D eigenvalue weighted by molar-refractivity contribution is 0.0956. The molecule has 1 amide bonds. The van der Waals surface area contributed by atoms with Gasteiger partial charge in [-0.05, 0) is 25.1 Å². The third kappa shape index (κ3) is 3.25. The summed E-state index contributed by atoms with van der Waals surface area (Å²) in [5, 5.41) is 9.61. The monoisotopic (exact) mass is 275 g/mol. The molecular formula is C13H17N5O2. The summed E-state index contributed by atoms with van der Waals surface area (Å²) in [7, 11) is 0. The van der Waals surface area contributed by atoms with Crippen LogP contribution in [-0.2, 0) is 6.54 Å². The fourth-order valence-electron chi connectivity index (χ4n) is 1.70. The molecule has 0 atom stereocenters. The van der Waals surface area contributed by atoms with Crippen molar-refractivity contribution in [1.82, 2.24) is 15.5 Å². The lowest BCUT2D eigenvalue weighted by atomic mass is 10.1. The maximum atomic E-state index is 11.8. The molecular weight excluding hydrogens is 258 g/mol. The molecule has 0 saturated heterocycles. The maximum absolute atomic E-state index is 11.8. The summed E-state index contributed by atoms with van der Waals surface area (Å²) in [6.07, 6.45) is 0. The van der Waals surface area contributed by atoms with E-state index < -0.39 is 0 Å². The van der Waals surface area contributed by atoms with Crippen LogP contribution in [0.15, 0.2) is 22.7 Å². The molecule has 0 fully saturated rings. The van der Waals surface area contributed by atoms with Crippen LogP contribution in [0.4, 0.5) is 11.4 Å². The van der Waals surface area contributed by atoms with Gasteiger partial charge in [-0.25, -0.2) is 0 Å². The van der Waals surface area contributed by atoms with Crippen molar-refractivity contribution in [1.29, 1.82) is 0 Å². The van der Waals surface area contributed by atoms with E-state index in [9.17, 15) is 4.79 Å². The summed E-state index contributed by atoms with van der Waals surface area (Å²) in [6, 6.07) is 5.08. The molecule has 0 saturated carbocycles. The number of aromatic nitrogens is 2. The molecule has 1 aromatic heterocycles. The first kappa shape index (κ1) is 13.9. The Morgan fingerprint density at radius 2 is 2.25 bits per heavy atom. The first-order valence-electron chi connectivity index (χ1n) is 6.31. The van der Waals surface area contributed by atoms with Crippen LogP contribution in [0.5, 0.6) is 0 Å². The fourth-order valence-corrected chi connectivity index (χ4v) is 1.70. The van der Waals surface area contributed by atoms with Gasteiger partial charge in [0.2, 0.25) is 5.89 Å². The van der Waals surface area contributed by atoms with Crippen LogP contribution in [0.25, 0.3) is 0 Å². The normalized spacial score (nSPS) is 10.3. The number of nitrogens with zero attached hydrogens (tertiary/aromatic N) is 2. The number of nitrogen functional groups attached to an aromatic ring is 1. The number of aryl methyl sites for hydroxylation is 1. The van der Waals surface area contributed by atoms with E-state index in [1.54, 1.807) is 25.1 Å². The first-order valence-corrected chi connectivity index (χ1v) is 6.31. The van der Waals surface area contributed by atoms with Crippen molar-refractivity contribution in [3.05, 3.63) is 35.5 Å².